The van der Waals surface area contributed by atoms with Crippen LogP contribution in [0, 0.1) is 20.2 Å². The van der Waals surface area contributed by atoms with Crippen molar-refractivity contribution in [1.29, 1.82) is 0 Å². The second kappa shape index (κ2) is 7.18. The van der Waals surface area contributed by atoms with Crippen molar-refractivity contribution >= 4 is 17.3 Å². The van der Waals surface area contributed by atoms with E-state index in [-0.39, 0.29) is 17.9 Å². The SMILES string of the molecule is COC(=O)Cc1ccccc1Oc1ccc([N+](=O)[O-])cc1[N+](=O)[O-]. The predicted octanol–water partition coefficient (Wildman–Crippen LogP) is 3.01. The molecule has 9 nitrogen and oxygen atoms in total. The van der Waals surface area contributed by atoms with Gasteiger partial charge in [-0.15, -0.1) is 0 Å². The Morgan fingerprint density at radius 2 is 1.75 bits per heavy atom. The Hall–Kier alpha value is -3.49. The lowest BCUT2D eigenvalue weighted by Crippen LogP contribution is -2.06. The summed E-state index contributed by atoms with van der Waals surface area (Å²) in [6.07, 6.45) is -0.0759. The fraction of sp³-hybridized carbons (Fsp3) is 0.133. The number of carbonyl (C=O) groups is 1. The molecular weight excluding hydrogens is 320 g/mol. The lowest BCUT2D eigenvalue weighted by Gasteiger charge is -2.10. The van der Waals surface area contributed by atoms with E-state index in [0.29, 0.717) is 5.56 Å². The largest absolute Gasteiger partial charge is 0.469 e. The van der Waals surface area contributed by atoms with Gasteiger partial charge in [-0.3, -0.25) is 25.0 Å². The minimum atomic E-state index is -0.773. The second-order valence-corrected chi connectivity index (χ2v) is 4.63. The first kappa shape index (κ1) is 16.9. The maximum absolute atomic E-state index is 11.4. The molecule has 0 aliphatic carbocycles. The normalized spacial score (nSPS) is 10.0. The van der Waals surface area contributed by atoms with Crippen LogP contribution in [0.2, 0.25) is 0 Å². The van der Waals surface area contributed by atoms with Gasteiger partial charge < -0.3 is 9.47 Å². The van der Waals surface area contributed by atoms with Gasteiger partial charge in [-0.1, -0.05) is 18.2 Å². The molecule has 9 heteroatoms. The molecule has 0 saturated carbocycles. The van der Waals surface area contributed by atoms with E-state index in [2.05, 4.69) is 4.74 Å². The molecule has 24 heavy (non-hydrogen) atoms. The first-order valence-electron chi connectivity index (χ1n) is 6.67. The van der Waals surface area contributed by atoms with Crippen molar-refractivity contribution < 1.29 is 24.1 Å². The van der Waals surface area contributed by atoms with Crippen molar-refractivity contribution in [3.63, 3.8) is 0 Å². The van der Waals surface area contributed by atoms with E-state index in [1.807, 2.05) is 0 Å². The van der Waals surface area contributed by atoms with Gasteiger partial charge in [0.1, 0.15) is 5.75 Å². The van der Waals surface area contributed by atoms with Crippen LogP contribution in [-0.2, 0) is 16.0 Å². The van der Waals surface area contributed by atoms with Crippen LogP contribution in [0.1, 0.15) is 5.56 Å². The average molecular weight is 332 g/mol. The molecule has 2 rings (SSSR count). The van der Waals surface area contributed by atoms with Crippen LogP contribution in [0.15, 0.2) is 42.5 Å². The Bertz CT molecular complexity index is 804. The number of ether oxygens (including phenoxy) is 2. The summed E-state index contributed by atoms with van der Waals surface area (Å²) in [5.74, 6) is -0.438. The fourth-order valence-corrected chi connectivity index (χ4v) is 1.94. The molecule has 2 aromatic rings. The third-order valence-electron chi connectivity index (χ3n) is 3.11. The standard InChI is InChI=1S/C15H12N2O7/c1-23-15(18)8-10-4-2-3-5-13(10)24-14-7-6-11(16(19)20)9-12(14)17(21)22/h2-7,9H,8H2,1H3. The number of hydrogen-bond acceptors (Lipinski definition) is 7. The summed E-state index contributed by atoms with van der Waals surface area (Å²) in [5.41, 5.74) is -0.494. The summed E-state index contributed by atoms with van der Waals surface area (Å²) in [6.45, 7) is 0. The molecule has 0 N–H and O–H groups in total. The number of esters is 1. The predicted molar refractivity (Wildman–Crippen MR) is 82.0 cm³/mol. The number of nitrogens with zero attached hydrogens (tertiary/aromatic N) is 2. The van der Waals surface area contributed by atoms with E-state index in [1.54, 1.807) is 18.2 Å². The Morgan fingerprint density at radius 3 is 2.38 bits per heavy atom. The van der Waals surface area contributed by atoms with E-state index < -0.39 is 27.2 Å². The van der Waals surface area contributed by atoms with E-state index in [9.17, 15) is 25.0 Å². The van der Waals surface area contributed by atoms with Crippen molar-refractivity contribution in [2.24, 2.45) is 0 Å². The zero-order valence-electron chi connectivity index (χ0n) is 12.5. The molecule has 0 aliphatic rings. The van der Waals surface area contributed by atoms with Gasteiger partial charge in [-0.25, -0.2) is 0 Å². The average Bonchev–Trinajstić information content (AvgIpc) is 2.56. The lowest BCUT2D eigenvalue weighted by molar-refractivity contribution is -0.394. The summed E-state index contributed by atoms with van der Waals surface area (Å²) in [7, 11) is 1.24. The molecule has 0 aliphatic heterocycles. The van der Waals surface area contributed by atoms with Gasteiger partial charge in [0.05, 0.1) is 29.4 Å². The number of rotatable bonds is 6. The highest BCUT2D eigenvalue weighted by Gasteiger charge is 2.22. The van der Waals surface area contributed by atoms with Crippen LogP contribution in [-0.4, -0.2) is 22.9 Å². The Morgan fingerprint density at radius 1 is 1.04 bits per heavy atom. The minimum Gasteiger partial charge on any atom is -0.469 e. The number of nitro benzene ring substituents is 2. The van der Waals surface area contributed by atoms with Crippen molar-refractivity contribution in [3.05, 3.63) is 68.3 Å². The molecule has 0 saturated heterocycles. The summed E-state index contributed by atoms with van der Waals surface area (Å²) >= 11 is 0. The van der Waals surface area contributed by atoms with Crippen molar-refractivity contribution in [3.8, 4) is 11.5 Å². The number of hydrogen-bond donors (Lipinski definition) is 0. The fourth-order valence-electron chi connectivity index (χ4n) is 1.94. The number of benzene rings is 2. The van der Waals surface area contributed by atoms with Gasteiger partial charge in [-0.05, 0) is 12.1 Å². The third kappa shape index (κ3) is 3.83. The third-order valence-corrected chi connectivity index (χ3v) is 3.11. The number of non-ortho nitro benzene ring substituents is 1. The quantitative estimate of drug-likeness (QED) is 0.452. The summed E-state index contributed by atoms with van der Waals surface area (Å²) < 4.78 is 10.1. The highest BCUT2D eigenvalue weighted by molar-refractivity contribution is 5.73. The molecule has 0 unspecified atom stereocenters. The van der Waals surface area contributed by atoms with Crippen molar-refractivity contribution in [2.45, 2.75) is 6.42 Å². The Kier molecular flexibility index (Phi) is 5.05. The van der Waals surface area contributed by atoms with Gasteiger partial charge in [0.2, 0.25) is 5.75 Å². The zero-order valence-corrected chi connectivity index (χ0v) is 12.5. The highest BCUT2D eigenvalue weighted by atomic mass is 16.6. The van der Waals surface area contributed by atoms with Gasteiger partial charge in [-0.2, -0.15) is 0 Å². The van der Waals surface area contributed by atoms with E-state index in [1.165, 1.54) is 13.2 Å². The van der Waals surface area contributed by atoms with E-state index in [4.69, 9.17) is 4.74 Å². The molecule has 0 radical (unpaired) electrons. The van der Waals surface area contributed by atoms with Gasteiger partial charge in [0.25, 0.3) is 5.69 Å². The molecular formula is C15H12N2O7. The maximum Gasteiger partial charge on any atom is 0.318 e. The minimum absolute atomic E-state index is 0.0759. The second-order valence-electron chi connectivity index (χ2n) is 4.63. The molecule has 0 bridgehead atoms. The number of nitro groups is 2. The van der Waals surface area contributed by atoms with Crippen molar-refractivity contribution in [2.75, 3.05) is 7.11 Å². The van der Waals surface area contributed by atoms with E-state index >= 15 is 0 Å². The summed E-state index contributed by atoms with van der Waals surface area (Å²) in [4.78, 5) is 31.8. The van der Waals surface area contributed by atoms with Gasteiger partial charge >= 0.3 is 11.7 Å². The first-order valence-corrected chi connectivity index (χ1v) is 6.67. The zero-order chi connectivity index (χ0) is 17.7. The van der Waals surface area contributed by atoms with Crippen LogP contribution in [0.3, 0.4) is 0 Å². The Balaban J connectivity index is 2.39. The smallest absolute Gasteiger partial charge is 0.318 e. The number of carbonyl (C=O) groups excluding carboxylic acids is 1. The molecule has 124 valence electrons. The molecule has 2 aromatic carbocycles. The van der Waals surface area contributed by atoms with Crippen LogP contribution >= 0.6 is 0 Å². The van der Waals surface area contributed by atoms with Crippen LogP contribution in [0.5, 0.6) is 11.5 Å². The molecule has 0 atom stereocenters. The molecule has 0 aromatic heterocycles. The van der Waals surface area contributed by atoms with Gasteiger partial charge in [0.15, 0.2) is 0 Å². The van der Waals surface area contributed by atoms with Crippen LogP contribution < -0.4 is 4.74 Å². The molecule has 0 spiro atoms. The van der Waals surface area contributed by atoms with Crippen LogP contribution in [0.4, 0.5) is 11.4 Å². The highest BCUT2D eigenvalue weighted by Crippen LogP contribution is 2.35. The number of methoxy groups -OCH3 is 1. The van der Waals surface area contributed by atoms with Crippen molar-refractivity contribution in [1.82, 2.24) is 0 Å². The maximum atomic E-state index is 11.4. The molecule has 0 heterocycles. The Labute approximate surface area is 135 Å². The monoisotopic (exact) mass is 332 g/mol. The van der Waals surface area contributed by atoms with Gasteiger partial charge in [0, 0.05) is 11.6 Å². The van der Waals surface area contributed by atoms with E-state index in [0.717, 1.165) is 18.2 Å². The summed E-state index contributed by atoms with van der Waals surface area (Å²) in [6, 6.07) is 9.52. The van der Waals surface area contributed by atoms with Crippen LogP contribution in [0.25, 0.3) is 0 Å². The lowest BCUT2D eigenvalue weighted by atomic mass is 10.1. The summed E-state index contributed by atoms with van der Waals surface area (Å²) in [5, 5.41) is 21.9. The number of para-hydroxylation sites is 1. The first-order chi connectivity index (χ1) is 11.4. The molecule has 0 fully saturated rings. The molecule has 0 amide bonds. The topological polar surface area (TPSA) is 122 Å².